The Kier molecular flexibility index (Phi) is 4.34. The third-order valence-corrected chi connectivity index (χ3v) is 3.61. The number of rotatable bonds is 4. The molecular formula is C13H19N3O3. The third kappa shape index (κ3) is 3.02. The summed E-state index contributed by atoms with van der Waals surface area (Å²) < 4.78 is 1.61. The van der Waals surface area contributed by atoms with Gasteiger partial charge in [0.25, 0.3) is 11.5 Å². The largest absolute Gasteiger partial charge is 0.395 e. The summed E-state index contributed by atoms with van der Waals surface area (Å²) in [7, 11) is 0. The minimum absolute atomic E-state index is 0.0419. The molecule has 0 saturated carbocycles. The lowest BCUT2D eigenvalue weighted by molar-refractivity contribution is 0.0997. The molecule has 1 aliphatic rings. The minimum Gasteiger partial charge on any atom is -0.395 e. The van der Waals surface area contributed by atoms with E-state index in [9.17, 15) is 9.59 Å². The van der Waals surface area contributed by atoms with Gasteiger partial charge in [0.1, 0.15) is 5.56 Å². The summed E-state index contributed by atoms with van der Waals surface area (Å²) in [5.74, 6) is -0.683. The Bertz CT molecular complexity index is 504. The third-order valence-electron chi connectivity index (χ3n) is 3.61. The molecular weight excluding hydrogens is 246 g/mol. The highest BCUT2D eigenvalue weighted by molar-refractivity contribution is 5.92. The molecule has 0 atom stereocenters. The fraction of sp³-hybridized carbons (Fsp3) is 0.538. The Balaban J connectivity index is 2.14. The number of aromatic nitrogens is 1. The van der Waals surface area contributed by atoms with Gasteiger partial charge < -0.3 is 20.3 Å². The van der Waals surface area contributed by atoms with Gasteiger partial charge in [0.05, 0.1) is 6.61 Å². The summed E-state index contributed by atoms with van der Waals surface area (Å²) >= 11 is 0. The first-order valence-electron chi connectivity index (χ1n) is 6.47. The van der Waals surface area contributed by atoms with Gasteiger partial charge in [0.2, 0.25) is 0 Å². The molecule has 0 unspecified atom stereocenters. The van der Waals surface area contributed by atoms with Crippen molar-refractivity contribution < 1.29 is 9.90 Å². The van der Waals surface area contributed by atoms with Gasteiger partial charge in [-0.3, -0.25) is 9.59 Å². The second-order valence-electron chi connectivity index (χ2n) is 4.79. The van der Waals surface area contributed by atoms with E-state index in [1.165, 1.54) is 6.07 Å². The van der Waals surface area contributed by atoms with Crippen LogP contribution >= 0.6 is 0 Å². The second kappa shape index (κ2) is 5.99. The first-order valence-corrected chi connectivity index (χ1v) is 6.47. The van der Waals surface area contributed by atoms with Crippen LogP contribution in [0.3, 0.4) is 0 Å². The normalized spacial score (nSPS) is 17.5. The maximum Gasteiger partial charge on any atom is 0.263 e. The van der Waals surface area contributed by atoms with Crippen LogP contribution in [0.1, 0.15) is 29.2 Å². The molecule has 2 heterocycles. The van der Waals surface area contributed by atoms with Crippen molar-refractivity contribution in [1.82, 2.24) is 9.47 Å². The number of likely N-dealkylation sites (tertiary alicyclic amines) is 1. The van der Waals surface area contributed by atoms with Crippen LogP contribution in [0.15, 0.2) is 23.1 Å². The van der Waals surface area contributed by atoms with Crippen LogP contribution in [0.2, 0.25) is 0 Å². The Hall–Kier alpha value is -1.66. The molecule has 0 bridgehead atoms. The maximum absolute atomic E-state index is 12.1. The SMILES string of the molecule is NC(=O)c1cccn(C2CCN(CCO)CC2)c1=O. The molecule has 0 aromatic carbocycles. The maximum atomic E-state index is 12.1. The lowest BCUT2D eigenvalue weighted by atomic mass is 10.0. The predicted octanol–water partition coefficient (Wildman–Crippen LogP) is -0.424. The van der Waals surface area contributed by atoms with Crippen molar-refractivity contribution >= 4 is 5.91 Å². The van der Waals surface area contributed by atoms with E-state index >= 15 is 0 Å². The average Bonchev–Trinajstić information content (AvgIpc) is 2.40. The van der Waals surface area contributed by atoms with E-state index in [1.54, 1.807) is 16.8 Å². The highest BCUT2D eigenvalue weighted by atomic mass is 16.3. The van der Waals surface area contributed by atoms with E-state index in [-0.39, 0.29) is 23.8 Å². The Morgan fingerprint density at radius 2 is 2.11 bits per heavy atom. The van der Waals surface area contributed by atoms with Gasteiger partial charge in [-0.05, 0) is 25.0 Å². The Morgan fingerprint density at radius 3 is 2.68 bits per heavy atom. The van der Waals surface area contributed by atoms with Crippen LogP contribution in [-0.2, 0) is 0 Å². The second-order valence-corrected chi connectivity index (χ2v) is 4.79. The first-order chi connectivity index (χ1) is 9.13. The van der Waals surface area contributed by atoms with E-state index in [0.29, 0.717) is 6.54 Å². The zero-order chi connectivity index (χ0) is 13.8. The van der Waals surface area contributed by atoms with Gasteiger partial charge in [-0.15, -0.1) is 0 Å². The number of nitrogens with zero attached hydrogens (tertiary/aromatic N) is 2. The number of β-amino-alcohol motifs (C(OH)–C–C–N with tert-alkyl or cyclic N) is 1. The van der Waals surface area contributed by atoms with Crippen LogP contribution in [0, 0.1) is 0 Å². The van der Waals surface area contributed by atoms with Gasteiger partial charge in [-0.1, -0.05) is 0 Å². The fourth-order valence-corrected chi connectivity index (χ4v) is 2.55. The Labute approximate surface area is 111 Å². The highest BCUT2D eigenvalue weighted by Gasteiger charge is 2.21. The highest BCUT2D eigenvalue weighted by Crippen LogP contribution is 2.20. The van der Waals surface area contributed by atoms with Crippen LogP contribution in [0.5, 0.6) is 0 Å². The number of aliphatic hydroxyl groups excluding tert-OH is 1. The number of hydrogen-bond acceptors (Lipinski definition) is 4. The van der Waals surface area contributed by atoms with Crippen molar-refractivity contribution in [2.24, 2.45) is 5.73 Å². The van der Waals surface area contributed by atoms with Crippen molar-refractivity contribution in [3.05, 3.63) is 34.2 Å². The molecule has 2 rings (SSSR count). The van der Waals surface area contributed by atoms with E-state index in [2.05, 4.69) is 4.90 Å². The molecule has 1 aromatic rings. The number of nitrogens with two attached hydrogens (primary N) is 1. The summed E-state index contributed by atoms with van der Waals surface area (Å²) in [4.78, 5) is 25.5. The smallest absolute Gasteiger partial charge is 0.263 e. The summed E-state index contributed by atoms with van der Waals surface area (Å²) in [6.07, 6.45) is 3.38. The van der Waals surface area contributed by atoms with Crippen LogP contribution < -0.4 is 11.3 Å². The monoisotopic (exact) mass is 265 g/mol. The van der Waals surface area contributed by atoms with Gasteiger partial charge in [-0.2, -0.15) is 0 Å². The summed E-state index contributed by atoms with van der Waals surface area (Å²) in [6, 6.07) is 3.24. The Morgan fingerprint density at radius 1 is 1.42 bits per heavy atom. The minimum atomic E-state index is -0.683. The molecule has 1 fully saturated rings. The molecule has 1 amide bonds. The van der Waals surface area contributed by atoms with Crippen molar-refractivity contribution in [2.45, 2.75) is 18.9 Å². The predicted molar refractivity (Wildman–Crippen MR) is 71.0 cm³/mol. The molecule has 3 N–H and O–H groups in total. The zero-order valence-corrected chi connectivity index (χ0v) is 10.8. The van der Waals surface area contributed by atoms with Gasteiger partial charge in [0, 0.05) is 31.9 Å². The van der Waals surface area contributed by atoms with Crippen molar-refractivity contribution in [3.63, 3.8) is 0 Å². The quantitative estimate of drug-likeness (QED) is 0.773. The van der Waals surface area contributed by atoms with E-state index in [1.807, 2.05) is 0 Å². The lowest BCUT2D eigenvalue weighted by Gasteiger charge is -2.32. The summed E-state index contributed by atoms with van der Waals surface area (Å²) in [5.41, 5.74) is 4.92. The molecule has 0 spiro atoms. The number of carbonyl (C=O) groups excluding carboxylic acids is 1. The van der Waals surface area contributed by atoms with Gasteiger partial charge in [-0.25, -0.2) is 0 Å². The molecule has 0 aliphatic carbocycles. The van der Waals surface area contributed by atoms with Crippen LogP contribution in [0.4, 0.5) is 0 Å². The van der Waals surface area contributed by atoms with E-state index < -0.39 is 5.91 Å². The van der Waals surface area contributed by atoms with E-state index in [0.717, 1.165) is 25.9 Å². The van der Waals surface area contributed by atoms with Gasteiger partial charge in [0.15, 0.2) is 0 Å². The molecule has 6 nitrogen and oxygen atoms in total. The first kappa shape index (κ1) is 13.8. The molecule has 19 heavy (non-hydrogen) atoms. The summed E-state index contributed by atoms with van der Waals surface area (Å²) in [6.45, 7) is 2.52. The number of amides is 1. The molecule has 1 saturated heterocycles. The molecule has 1 aromatic heterocycles. The number of primary amides is 1. The summed E-state index contributed by atoms with van der Waals surface area (Å²) in [5, 5.41) is 8.89. The molecule has 0 radical (unpaired) electrons. The fourth-order valence-electron chi connectivity index (χ4n) is 2.55. The van der Waals surface area contributed by atoms with Crippen LogP contribution in [-0.4, -0.2) is 46.7 Å². The van der Waals surface area contributed by atoms with E-state index in [4.69, 9.17) is 10.8 Å². The molecule has 1 aliphatic heterocycles. The van der Waals surface area contributed by atoms with Crippen molar-refractivity contribution in [1.29, 1.82) is 0 Å². The number of pyridine rings is 1. The van der Waals surface area contributed by atoms with Gasteiger partial charge >= 0.3 is 0 Å². The number of carbonyl (C=O) groups is 1. The molecule has 104 valence electrons. The number of hydrogen-bond donors (Lipinski definition) is 2. The standard InChI is InChI=1S/C13H19N3O3/c14-12(18)11-2-1-5-16(13(11)19)10-3-6-15(7-4-10)8-9-17/h1-2,5,10,17H,3-4,6-9H2,(H2,14,18). The van der Waals surface area contributed by atoms with Crippen LogP contribution in [0.25, 0.3) is 0 Å². The van der Waals surface area contributed by atoms with Crippen molar-refractivity contribution in [3.8, 4) is 0 Å². The van der Waals surface area contributed by atoms with Crippen molar-refractivity contribution in [2.75, 3.05) is 26.2 Å². The number of aliphatic hydroxyl groups is 1. The number of piperidine rings is 1. The lowest BCUT2D eigenvalue weighted by Crippen LogP contribution is -2.39. The molecule has 6 heteroatoms. The topological polar surface area (TPSA) is 88.6 Å². The average molecular weight is 265 g/mol. The zero-order valence-electron chi connectivity index (χ0n) is 10.8.